The third kappa shape index (κ3) is 5.33. The highest BCUT2D eigenvalue weighted by atomic mass is 19.4. The minimum Gasteiger partial charge on any atom is -0.378 e. The minimum atomic E-state index is -4.51. The second-order valence-electron chi connectivity index (χ2n) is 7.13. The third-order valence-corrected chi connectivity index (χ3v) is 4.88. The lowest BCUT2D eigenvalue weighted by Crippen LogP contribution is -2.36. The topological polar surface area (TPSA) is 79.4 Å². The van der Waals surface area contributed by atoms with E-state index in [9.17, 15) is 18.0 Å². The normalized spacial score (nSPS) is 14.2. The van der Waals surface area contributed by atoms with Gasteiger partial charge in [-0.1, -0.05) is 6.07 Å². The molecule has 0 bridgehead atoms. The van der Waals surface area contributed by atoms with Crippen LogP contribution >= 0.6 is 0 Å². The molecule has 1 aromatic heterocycles. The summed E-state index contributed by atoms with van der Waals surface area (Å²) in [7, 11) is 0. The Hall–Kier alpha value is -3.66. The van der Waals surface area contributed by atoms with Crippen molar-refractivity contribution in [3.8, 4) is 0 Å². The number of alkyl halides is 3. The summed E-state index contributed by atoms with van der Waals surface area (Å²) in [4.78, 5) is 14.5. The predicted octanol–water partition coefficient (Wildman–Crippen LogP) is 4.33. The molecule has 2 heterocycles. The summed E-state index contributed by atoms with van der Waals surface area (Å²) in [6.45, 7) is 2.90. The first-order chi connectivity index (χ1) is 15.4. The number of halogens is 3. The largest absolute Gasteiger partial charge is 0.416 e. The zero-order valence-electron chi connectivity index (χ0n) is 16.9. The number of carbonyl (C=O) groups is 1. The van der Waals surface area contributed by atoms with E-state index in [4.69, 9.17) is 4.74 Å². The highest BCUT2D eigenvalue weighted by Gasteiger charge is 2.30. The maximum Gasteiger partial charge on any atom is 0.416 e. The van der Waals surface area contributed by atoms with Gasteiger partial charge in [-0.05, 0) is 42.5 Å². The molecule has 0 saturated carbocycles. The number of nitrogens with zero attached hydrogens (tertiary/aromatic N) is 3. The molecule has 32 heavy (non-hydrogen) atoms. The van der Waals surface area contributed by atoms with Crippen LogP contribution in [0, 0.1) is 0 Å². The van der Waals surface area contributed by atoms with E-state index in [-0.39, 0.29) is 5.56 Å². The van der Waals surface area contributed by atoms with Gasteiger partial charge in [0.2, 0.25) is 0 Å². The first-order valence-electron chi connectivity index (χ1n) is 9.90. The van der Waals surface area contributed by atoms with E-state index in [1.807, 2.05) is 6.07 Å². The molecule has 0 unspecified atom stereocenters. The number of hydrogen-bond acceptors (Lipinski definition) is 6. The van der Waals surface area contributed by atoms with Crippen molar-refractivity contribution in [1.82, 2.24) is 10.2 Å². The number of morpholine rings is 1. The number of nitrogens with one attached hydrogen (secondary N) is 2. The fraction of sp³-hybridized carbons (Fsp3) is 0.227. The molecule has 0 radical (unpaired) electrons. The van der Waals surface area contributed by atoms with E-state index < -0.39 is 17.6 Å². The SMILES string of the molecule is O=C(Nc1ccc(Nc2cc(N3CCOCC3)cnn2)cc1)c1cccc(C(F)(F)F)c1. The number of benzene rings is 2. The smallest absolute Gasteiger partial charge is 0.378 e. The Kier molecular flexibility index (Phi) is 6.22. The maximum atomic E-state index is 12.9. The van der Waals surface area contributed by atoms with Crippen molar-refractivity contribution in [1.29, 1.82) is 0 Å². The molecule has 4 rings (SSSR count). The number of carbonyl (C=O) groups excluding carboxylic acids is 1. The van der Waals surface area contributed by atoms with Crippen molar-refractivity contribution in [3.05, 3.63) is 71.9 Å². The van der Waals surface area contributed by atoms with Gasteiger partial charge < -0.3 is 20.3 Å². The van der Waals surface area contributed by atoms with Crippen LogP contribution in [0.4, 0.5) is 36.1 Å². The Bertz CT molecular complexity index is 1080. The average molecular weight is 443 g/mol. The molecule has 0 aliphatic carbocycles. The van der Waals surface area contributed by atoms with E-state index in [1.54, 1.807) is 30.5 Å². The predicted molar refractivity (Wildman–Crippen MR) is 114 cm³/mol. The first kappa shape index (κ1) is 21.6. The van der Waals surface area contributed by atoms with E-state index in [2.05, 4.69) is 25.7 Å². The van der Waals surface area contributed by atoms with Crippen LogP contribution in [-0.2, 0) is 10.9 Å². The summed E-state index contributed by atoms with van der Waals surface area (Å²) in [6.07, 6.45) is -2.81. The van der Waals surface area contributed by atoms with Gasteiger partial charge in [-0.2, -0.15) is 18.3 Å². The Morgan fingerprint density at radius 2 is 1.72 bits per heavy atom. The molecule has 0 spiro atoms. The van der Waals surface area contributed by atoms with Gasteiger partial charge in [0.1, 0.15) is 0 Å². The average Bonchev–Trinajstić information content (AvgIpc) is 2.81. The minimum absolute atomic E-state index is 0.0720. The zero-order valence-corrected chi connectivity index (χ0v) is 16.9. The molecule has 3 aromatic rings. The number of ether oxygens (including phenoxy) is 1. The van der Waals surface area contributed by atoms with Gasteiger partial charge >= 0.3 is 6.18 Å². The number of hydrogen-bond donors (Lipinski definition) is 2. The molecule has 1 saturated heterocycles. The monoisotopic (exact) mass is 443 g/mol. The van der Waals surface area contributed by atoms with Gasteiger partial charge in [0, 0.05) is 36.1 Å². The van der Waals surface area contributed by atoms with Crippen molar-refractivity contribution in [2.75, 3.05) is 41.8 Å². The summed E-state index contributed by atoms with van der Waals surface area (Å²) in [5.41, 5.74) is 1.17. The van der Waals surface area contributed by atoms with Crippen LogP contribution in [0.15, 0.2) is 60.8 Å². The lowest BCUT2D eigenvalue weighted by molar-refractivity contribution is -0.137. The van der Waals surface area contributed by atoms with Gasteiger partial charge in [0.15, 0.2) is 5.82 Å². The van der Waals surface area contributed by atoms with E-state index in [1.165, 1.54) is 12.1 Å². The van der Waals surface area contributed by atoms with Crippen molar-refractivity contribution in [2.45, 2.75) is 6.18 Å². The van der Waals surface area contributed by atoms with Crippen molar-refractivity contribution >= 4 is 28.8 Å². The molecule has 0 atom stereocenters. The highest BCUT2D eigenvalue weighted by Crippen LogP contribution is 2.29. The Morgan fingerprint density at radius 1 is 1.00 bits per heavy atom. The quantitative estimate of drug-likeness (QED) is 0.611. The fourth-order valence-electron chi connectivity index (χ4n) is 3.24. The van der Waals surface area contributed by atoms with E-state index in [0.29, 0.717) is 24.7 Å². The molecule has 7 nitrogen and oxygen atoms in total. The summed E-state index contributed by atoms with van der Waals surface area (Å²) in [6, 6.07) is 12.9. The van der Waals surface area contributed by atoms with Crippen LogP contribution in [0.5, 0.6) is 0 Å². The second kappa shape index (κ2) is 9.23. The molecule has 1 fully saturated rings. The van der Waals surface area contributed by atoms with Gasteiger partial charge in [0.05, 0.1) is 30.7 Å². The Labute approximate surface area is 182 Å². The molecule has 1 aliphatic heterocycles. The summed E-state index contributed by atoms with van der Waals surface area (Å²) in [5, 5.41) is 13.9. The Balaban J connectivity index is 1.40. The van der Waals surface area contributed by atoms with Crippen LogP contribution in [0.3, 0.4) is 0 Å². The molecule has 10 heteroatoms. The lowest BCUT2D eigenvalue weighted by atomic mass is 10.1. The van der Waals surface area contributed by atoms with Crippen LogP contribution in [0.2, 0.25) is 0 Å². The zero-order chi connectivity index (χ0) is 22.6. The van der Waals surface area contributed by atoms with Crippen LogP contribution in [0.25, 0.3) is 0 Å². The lowest BCUT2D eigenvalue weighted by Gasteiger charge is -2.28. The van der Waals surface area contributed by atoms with Crippen molar-refractivity contribution in [2.24, 2.45) is 0 Å². The molecule has 2 aromatic carbocycles. The summed E-state index contributed by atoms with van der Waals surface area (Å²) >= 11 is 0. The second-order valence-corrected chi connectivity index (χ2v) is 7.13. The van der Waals surface area contributed by atoms with Crippen LogP contribution in [-0.4, -0.2) is 42.4 Å². The number of anilines is 4. The number of rotatable bonds is 5. The number of amides is 1. The molecular formula is C22H20F3N5O2. The number of aromatic nitrogens is 2. The van der Waals surface area contributed by atoms with E-state index in [0.717, 1.165) is 36.6 Å². The highest BCUT2D eigenvalue weighted by molar-refractivity contribution is 6.04. The third-order valence-electron chi connectivity index (χ3n) is 4.88. The molecule has 1 aliphatic rings. The Morgan fingerprint density at radius 3 is 2.44 bits per heavy atom. The van der Waals surface area contributed by atoms with Crippen molar-refractivity contribution in [3.63, 3.8) is 0 Å². The molecule has 2 N–H and O–H groups in total. The summed E-state index contributed by atoms with van der Waals surface area (Å²) < 4.78 is 43.9. The fourth-order valence-corrected chi connectivity index (χ4v) is 3.24. The first-order valence-corrected chi connectivity index (χ1v) is 9.90. The van der Waals surface area contributed by atoms with Gasteiger partial charge in [0.25, 0.3) is 5.91 Å². The van der Waals surface area contributed by atoms with Crippen LogP contribution in [0.1, 0.15) is 15.9 Å². The maximum absolute atomic E-state index is 12.9. The van der Waals surface area contributed by atoms with Crippen LogP contribution < -0.4 is 15.5 Å². The molecule has 166 valence electrons. The van der Waals surface area contributed by atoms with Gasteiger partial charge in [-0.15, -0.1) is 5.10 Å². The van der Waals surface area contributed by atoms with Gasteiger partial charge in [-0.25, -0.2) is 0 Å². The molecular weight excluding hydrogens is 423 g/mol. The standard InChI is InChI=1S/C22H20F3N5O2/c23-22(24,25)16-3-1-2-15(12-16)21(31)28-18-6-4-17(5-7-18)27-20-13-19(14-26-29-20)30-8-10-32-11-9-30/h1-7,12-14H,8-11H2,(H,27,29)(H,28,31). The van der Waals surface area contributed by atoms with Gasteiger partial charge in [-0.3, -0.25) is 4.79 Å². The molecule has 1 amide bonds. The summed E-state index contributed by atoms with van der Waals surface area (Å²) in [5.74, 6) is -0.0596. The van der Waals surface area contributed by atoms with E-state index >= 15 is 0 Å². The van der Waals surface area contributed by atoms with Crippen molar-refractivity contribution < 1.29 is 22.7 Å².